The third kappa shape index (κ3) is 5.26. The predicted molar refractivity (Wildman–Crippen MR) is 104 cm³/mol. The van der Waals surface area contributed by atoms with Crippen molar-refractivity contribution in [2.24, 2.45) is 11.7 Å². The van der Waals surface area contributed by atoms with E-state index >= 15 is 0 Å². The molecule has 0 radical (unpaired) electrons. The van der Waals surface area contributed by atoms with Gasteiger partial charge in [0.25, 0.3) is 0 Å². The number of nitrogens with one attached hydrogen (secondary N) is 2. The van der Waals surface area contributed by atoms with E-state index in [2.05, 4.69) is 15.7 Å². The number of anilines is 1. The van der Waals surface area contributed by atoms with Gasteiger partial charge in [-0.15, -0.1) is 0 Å². The fourth-order valence-electron chi connectivity index (χ4n) is 3.48. The highest BCUT2D eigenvalue weighted by Crippen LogP contribution is 2.35. The van der Waals surface area contributed by atoms with Gasteiger partial charge in [-0.2, -0.15) is 13.2 Å². The van der Waals surface area contributed by atoms with Crippen molar-refractivity contribution in [2.75, 3.05) is 11.9 Å². The van der Waals surface area contributed by atoms with Crippen molar-refractivity contribution in [3.8, 4) is 0 Å². The quantitative estimate of drug-likeness (QED) is 0.701. The average molecular weight is 421 g/mol. The minimum atomic E-state index is -4.44. The lowest BCUT2D eigenvalue weighted by molar-refractivity contribution is -0.137. The summed E-state index contributed by atoms with van der Waals surface area (Å²) >= 11 is 0. The lowest BCUT2D eigenvalue weighted by atomic mass is 9.90. The van der Waals surface area contributed by atoms with Crippen LogP contribution < -0.4 is 16.5 Å². The molecule has 160 valence electrons. The van der Waals surface area contributed by atoms with Crippen LogP contribution in [0, 0.1) is 5.92 Å². The second-order valence-corrected chi connectivity index (χ2v) is 7.37. The van der Waals surface area contributed by atoms with Crippen molar-refractivity contribution in [3.05, 3.63) is 59.4 Å². The SMILES string of the molecule is C[C@H]1CC[C@H](c2cccc(C(F)(F)F)c2)N(NC(=O)Nc2cncc(C(N)=O)c2)C1. The van der Waals surface area contributed by atoms with E-state index in [1.54, 1.807) is 11.1 Å². The number of hydrogen-bond donors (Lipinski definition) is 3. The molecule has 0 spiro atoms. The van der Waals surface area contributed by atoms with Crippen LogP contribution in [0.3, 0.4) is 0 Å². The van der Waals surface area contributed by atoms with Gasteiger partial charge in [0.1, 0.15) is 0 Å². The summed E-state index contributed by atoms with van der Waals surface area (Å²) in [6, 6.07) is 5.54. The molecule has 2 atom stereocenters. The molecule has 30 heavy (non-hydrogen) atoms. The molecule has 1 aliphatic heterocycles. The lowest BCUT2D eigenvalue weighted by Crippen LogP contribution is -2.50. The monoisotopic (exact) mass is 421 g/mol. The zero-order chi connectivity index (χ0) is 21.9. The Morgan fingerprint density at radius 2 is 1.97 bits per heavy atom. The van der Waals surface area contributed by atoms with Crippen LogP contribution >= 0.6 is 0 Å². The number of carbonyl (C=O) groups is 2. The standard InChI is InChI=1S/C20H22F3N5O2/c1-12-5-6-17(13-3-2-4-15(7-13)20(21,22)23)28(11-12)27-19(30)26-16-8-14(18(24)29)9-25-10-16/h2-4,7-10,12,17H,5-6,11H2,1H3,(H2,24,29)(H2,26,27,30)/t12-,17+/m0/s1. The zero-order valence-electron chi connectivity index (χ0n) is 16.2. The van der Waals surface area contributed by atoms with Gasteiger partial charge in [-0.25, -0.2) is 9.80 Å². The van der Waals surface area contributed by atoms with Gasteiger partial charge in [0, 0.05) is 12.7 Å². The maximum atomic E-state index is 13.1. The average Bonchev–Trinajstić information content (AvgIpc) is 2.67. The van der Waals surface area contributed by atoms with Gasteiger partial charge in [0.2, 0.25) is 5.91 Å². The molecule has 0 aliphatic carbocycles. The first-order valence-corrected chi connectivity index (χ1v) is 9.40. The van der Waals surface area contributed by atoms with E-state index in [1.807, 2.05) is 6.92 Å². The number of primary amides is 1. The fraction of sp³-hybridized carbons (Fsp3) is 0.350. The number of carbonyl (C=O) groups excluding carboxylic acids is 2. The normalized spacial score (nSPS) is 19.9. The lowest BCUT2D eigenvalue weighted by Gasteiger charge is -2.38. The molecule has 1 aromatic carbocycles. The summed E-state index contributed by atoms with van der Waals surface area (Å²) in [6.07, 6.45) is -0.380. The number of halogens is 3. The van der Waals surface area contributed by atoms with E-state index in [9.17, 15) is 22.8 Å². The minimum Gasteiger partial charge on any atom is -0.366 e. The van der Waals surface area contributed by atoms with Gasteiger partial charge in [0.15, 0.2) is 0 Å². The molecule has 10 heteroatoms. The number of amides is 3. The second-order valence-electron chi connectivity index (χ2n) is 7.37. The van der Waals surface area contributed by atoms with Crippen LogP contribution in [0.25, 0.3) is 0 Å². The van der Waals surface area contributed by atoms with Crippen molar-refractivity contribution in [3.63, 3.8) is 0 Å². The van der Waals surface area contributed by atoms with Crippen molar-refractivity contribution >= 4 is 17.6 Å². The van der Waals surface area contributed by atoms with E-state index in [0.717, 1.165) is 18.6 Å². The fourth-order valence-corrected chi connectivity index (χ4v) is 3.48. The Bertz CT molecular complexity index is 935. The highest BCUT2D eigenvalue weighted by molar-refractivity contribution is 5.95. The maximum absolute atomic E-state index is 13.1. The highest BCUT2D eigenvalue weighted by atomic mass is 19.4. The topological polar surface area (TPSA) is 100 Å². The smallest absolute Gasteiger partial charge is 0.366 e. The van der Waals surface area contributed by atoms with E-state index in [-0.39, 0.29) is 17.2 Å². The summed E-state index contributed by atoms with van der Waals surface area (Å²) < 4.78 is 39.3. The van der Waals surface area contributed by atoms with Crippen LogP contribution in [0.2, 0.25) is 0 Å². The Morgan fingerprint density at radius 1 is 1.20 bits per heavy atom. The first-order chi connectivity index (χ1) is 14.1. The number of rotatable bonds is 4. The van der Waals surface area contributed by atoms with Crippen molar-refractivity contribution in [1.82, 2.24) is 15.4 Å². The van der Waals surface area contributed by atoms with Crippen LogP contribution in [-0.4, -0.2) is 28.5 Å². The molecule has 0 unspecified atom stereocenters. The molecule has 1 saturated heterocycles. The first-order valence-electron chi connectivity index (χ1n) is 9.40. The van der Waals surface area contributed by atoms with E-state index in [4.69, 9.17) is 5.73 Å². The number of pyridine rings is 1. The summed E-state index contributed by atoms with van der Waals surface area (Å²) in [6.45, 7) is 2.49. The molecule has 1 fully saturated rings. The number of alkyl halides is 3. The predicted octanol–water partition coefficient (Wildman–Crippen LogP) is 3.71. The summed E-state index contributed by atoms with van der Waals surface area (Å²) in [4.78, 5) is 27.6. The van der Waals surface area contributed by atoms with Gasteiger partial charge in [-0.1, -0.05) is 19.1 Å². The summed E-state index contributed by atoms with van der Waals surface area (Å²) in [5.41, 5.74) is 8.08. The largest absolute Gasteiger partial charge is 0.416 e. The molecule has 1 aliphatic rings. The van der Waals surface area contributed by atoms with E-state index in [1.165, 1.54) is 24.5 Å². The van der Waals surface area contributed by atoms with Crippen molar-refractivity contribution in [1.29, 1.82) is 0 Å². The number of hydrazine groups is 1. The molecule has 2 heterocycles. The van der Waals surface area contributed by atoms with Gasteiger partial charge in [-0.3, -0.25) is 15.2 Å². The van der Waals surface area contributed by atoms with E-state index in [0.29, 0.717) is 18.5 Å². The summed E-state index contributed by atoms with van der Waals surface area (Å²) in [7, 11) is 0. The van der Waals surface area contributed by atoms with Crippen LogP contribution in [0.15, 0.2) is 42.7 Å². The Kier molecular flexibility index (Phi) is 6.25. The Balaban J connectivity index is 1.76. The van der Waals surface area contributed by atoms with Crippen molar-refractivity contribution in [2.45, 2.75) is 32.0 Å². The third-order valence-electron chi connectivity index (χ3n) is 4.94. The number of piperidine rings is 1. The maximum Gasteiger partial charge on any atom is 0.416 e. The van der Waals surface area contributed by atoms with E-state index < -0.39 is 29.7 Å². The molecular weight excluding hydrogens is 399 g/mol. The van der Waals surface area contributed by atoms with Crippen LogP contribution in [0.5, 0.6) is 0 Å². The molecule has 3 amide bonds. The molecule has 2 aromatic rings. The minimum absolute atomic E-state index is 0.140. The summed E-state index contributed by atoms with van der Waals surface area (Å²) in [5, 5.41) is 4.21. The number of aromatic nitrogens is 1. The highest BCUT2D eigenvalue weighted by Gasteiger charge is 2.33. The zero-order valence-corrected chi connectivity index (χ0v) is 16.2. The first kappa shape index (κ1) is 21.6. The molecule has 0 bridgehead atoms. The van der Waals surface area contributed by atoms with Gasteiger partial charge in [-0.05, 0) is 42.5 Å². The van der Waals surface area contributed by atoms with Gasteiger partial charge in [0.05, 0.1) is 29.1 Å². The van der Waals surface area contributed by atoms with Crippen molar-refractivity contribution < 1.29 is 22.8 Å². The third-order valence-corrected chi connectivity index (χ3v) is 4.94. The number of nitrogens with zero attached hydrogens (tertiary/aromatic N) is 2. The molecule has 1 aromatic heterocycles. The Morgan fingerprint density at radius 3 is 2.67 bits per heavy atom. The number of benzene rings is 1. The van der Waals surface area contributed by atoms with Crippen LogP contribution in [0.4, 0.5) is 23.7 Å². The molecular formula is C20H22F3N5O2. The second kappa shape index (κ2) is 8.70. The van der Waals surface area contributed by atoms with Crippen LogP contribution in [0.1, 0.15) is 47.3 Å². The molecule has 4 N–H and O–H groups in total. The van der Waals surface area contributed by atoms with Crippen LogP contribution in [-0.2, 0) is 6.18 Å². The number of nitrogens with two attached hydrogens (primary N) is 1. The molecule has 7 nitrogen and oxygen atoms in total. The van der Waals surface area contributed by atoms with Gasteiger partial charge >= 0.3 is 12.2 Å². The summed E-state index contributed by atoms with van der Waals surface area (Å²) in [5.74, 6) is -0.423. The number of hydrogen-bond acceptors (Lipinski definition) is 4. The molecule has 3 rings (SSSR count). The number of urea groups is 1. The Labute approximate surface area is 171 Å². The molecule has 0 saturated carbocycles. The van der Waals surface area contributed by atoms with Gasteiger partial charge < -0.3 is 11.1 Å². The Hall–Kier alpha value is -3.14.